The van der Waals surface area contributed by atoms with Crippen LogP contribution in [0, 0.1) is 11.3 Å². The van der Waals surface area contributed by atoms with Crippen LogP contribution in [0.2, 0.25) is 0 Å². The quantitative estimate of drug-likeness (QED) is 0.673. The first-order valence-electron chi connectivity index (χ1n) is 9.78. The smallest absolute Gasteiger partial charge is 0.235 e. The average molecular weight is 414 g/mol. The van der Waals surface area contributed by atoms with Gasteiger partial charge >= 0.3 is 0 Å². The zero-order valence-corrected chi connectivity index (χ0v) is 17.4. The van der Waals surface area contributed by atoms with Crippen molar-refractivity contribution in [1.82, 2.24) is 9.29 Å². The number of rotatable bonds is 4. The molecule has 146 valence electrons. The largest absolute Gasteiger partial charge is 0.243 e. The second-order valence-electron chi connectivity index (χ2n) is 7.32. The SMILES string of the molecule is N#CC(=C1CCCCC1)c1nc(-c2ccc(S(=O)(=O)N3CCCC3)cc2)cs1. The van der Waals surface area contributed by atoms with Gasteiger partial charge in [-0.2, -0.15) is 9.57 Å². The van der Waals surface area contributed by atoms with Crippen LogP contribution >= 0.6 is 11.3 Å². The average Bonchev–Trinajstić information content (AvgIpc) is 3.43. The van der Waals surface area contributed by atoms with Crippen LogP contribution in [0.1, 0.15) is 50.0 Å². The lowest BCUT2D eigenvalue weighted by molar-refractivity contribution is 0.477. The highest BCUT2D eigenvalue weighted by molar-refractivity contribution is 7.89. The zero-order chi connectivity index (χ0) is 19.6. The molecule has 1 aromatic heterocycles. The van der Waals surface area contributed by atoms with Crippen LogP contribution < -0.4 is 0 Å². The fraction of sp³-hybridized carbons (Fsp3) is 0.429. The molecule has 0 bridgehead atoms. The van der Waals surface area contributed by atoms with Gasteiger partial charge in [-0.15, -0.1) is 11.3 Å². The third-order valence-corrected chi connectivity index (χ3v) is 8.27. The first kappa shape index (κ1) is 19.3. The van der Waals surface area contributed by atoms with Gasteiger partial charge in [0, 0.05) is 24.0 Å². The Hall–Kier alpha value is -2.01. The van der Waals surface area contributed by atoms with E-state index in [1.165, 1.54) is 23.3 Å². The van der Waals surface area contributed by atoms with E-state index in [9.17, 15) is 13.7 Å². The van der Waals surface area contributed by atoms with E-state index in [1.807, 2.05) is 17.5 Å². The van der Waals surface area contributed by atoms with Crippen LogP contribution in [0.25, 0.3) is 16.8 Å². The fourth-order valence-corrected chi connectivity index (χ4v) is 6.29. The van der Waals surface area contributed by atoms with Crippen LogP contribution in [0.4, 0.5) is 0 Å². The lowest BCUT2D eigenvalue weighted by Crippen LogP contribution is -2.27. The minimum Gasteiger partial charge on any atom is -0.235 e. The topological polar surface area (TPSA) is 74.1 Å². The van der Waals surface area contributed by atoms with Gasteiger partial charge in [0.25, 0.3) is 0 Å². The number of nitriles is 1. The summed E-state index contributed by atoms with van der Waals surface area (Å²) >= 11 is 1.48. The second kappa shape index (κ2) is 8.16. The summed E-state index contributed by atoms with van der Waals surface area (Å²) in [6, 6.07) is 9.29. The second-order valence-corrected chi connectivity index (χ2v) is 10.1. The molecule has 2 aliphatic rings. The Morgan fingerprint density at radius 3 is 2.36 bits per heavy atom. The summed E-state index contributed by atoms with van der Waals surface area (Å²) in [5, 5.41) is 12.3. The number of allylic oxidation sites excluding steroid dienone is 2. The van der Waals surface area contributed by atoms with Crippen LogP contribution in [-0.4, -0.2) is 30.8 Å². The Balaban J connectivity index is 1.58. The maximum absolute atomic E-state index is 12.7. The van der Waals surface area contributed by atoms with E-state index in [0.717, 1.165) is 60.4 Å². The maximum Gasteiger partial charge on any atom is 0.243 e. The molecule has 2 fully saturated rings. The van der Waals surface area contributed by atoms with Crippen molar-refractivity contribution in [1.29, 1.82) is 5.26 Å². The first-order chi connectivity index (χ1) is 13.6. The molecule has 0 amide bonds. The van der Waals surface area contributed by atoms with Gasteiger partial charge in [-0.25, -0.2) is 13.4 Å². The van der Waals surface area contributed by atoms with Gasteiger partial charge in [0.05, 0.1) is 16.2 Å². The normalized spacial score (nSPS) is 18.2. The van der Waals surface area contributed by atoms with Crippen molar-refractivity contribution in [3.63, 3.8) is 0 Å². The van der Waals surface area contributed by atoms with E-state index in [0.29, 0.717) is 18.0 Å². The van der Waals surface area contributed by atoms with E-state index in [4.69, 9.17) is 0 Å². The van der Waals surface area contributed by atoms with Crippen molar-refractivity contribution >= 4 is 26.9 Å². The molecule has 0 unspecified atom stereocenters. The monoisotopic (exact) mass is 413 g/mol. The summed E-state index contributed by atoms with van der Waals surface area (Å²) in [6.45, 7) is 1.20. The summed E-state index contributed by atoms with van der Waals surface area (Å²) in [6.07, 6.45) is 7.35. The molecule has 7 heteroatoms. The lowest BCUT2D eigenvalue weighted by Gasteiger charge is -2.15. The van der Waals surface area contributed by atoms with Crippen LogP contribution in [-0.2, 0) is 10.0 Å². The highest BCUT2D eigenvalue weighted by atomic mass is 32.2. The number of nitrogens with zero attached hydrogens (tertiary/aromatic N) is 3. The Bertz CT molecular complexity index is 1020. The molecule has 1 saturated heterocycles. The van der Waals surface area contributed by atoms with Crippen molar-refractivity contribution < 1.29 is 8.42 Å². The Morgan fingerprint density at radius 1 is 1.04 bits per heavy atom. The lowest BCUT2D eigenvalue weighted by atomic mass is 9.91. The predicted octanol–water partition coefficient (Wildman–Crippen LogP) is 4.84. The molecule has 1 saturated carbocycles. The minimum atomic E-state index is -3.40. The molecule has 2 aromatic rings. The number of thiazole rings is 1. The number of sulfonamides is 1. The standard InChI is InChI=1S/C21H23N3O2S2/c22-14-19(16-6-2-1-3-7-16)21-23-20(15-27-21)17-8-10-18(11-9-17)28(25,26)24-12-4-5-13-24/h8-11,15H,1-7,12-13H2. The van der Waals surface area contributed by atoms with Crippen molar-refractivity contribution in [2.75, 3.05) is 13.1 Å². The van der Waals surface area contributed by atoms with Gasteiger partial charge in [0.2, 0.25) is 10.0 Å². The van der Waals surface area contributed by atoms with Crippen molar-refractivity contribution in [3.8, 4) is 17.3 Å². The van der Waals surface area contributed by atoms with Crippen molar-refractivity contribution in [3.05, 3.63) is 40.2 Å². The highest BCUT2D eigenvalue weighted by Gasteiger charge is 2.27. The van der Waals surface area contributed by atoms with E-state index >= 15 is 0 Å². The molecule has 0 atom stereocenters. The molecule has 28 heavy (non-hydrogen) atoms. The molecule has 0 spiro atoms. The summed E-state index contributed by atoms with van der Waals surface area (Å²) in [5.74, 6) is 0. The fourth-order valence-electron chi connectivity index (χ4n) is 3.90. The minimum absolute atomic E-state index is 0.329. The molecule has 2 heterocycles. The summed E-state index contributed by atoms with van der Waals surface area (Å²) < 4.78 is 26.9. The van der Waals surface area contributed by atoms with E-state index < -0.39 is 10.0 Å². The number of aromatic nitrogens is 1. The molecule has 5 nitrogen and oxygen atoms in total. The summed E-state index contributed by atoms with van der Waals surface area (Å²) in [5.41, 5.74) is 3.61. The van der Waals surface area contributed by atoms with Gasteiger partial charge in [-0.05, 0) is 56.2 Å². The van der Waals surface area contributed by atoms with Gasteiger partial charge in [0.1, 0.15) is 11.1 Å². The van der Waals surface area contributed by atoms with Crippen molar-refractivity contribution in [2.45, 2.75) is 49.8 Å². The van der Waals surface area contributed by atoms with Crippen molar-refractivity contribution in [2.24, 2.45) is 0 Å². The van der Waals surface area contributed by atoms with E-state index in [1.54, 1.807) is 16.4 Å². The van der Waals surface area contributed by atoms with Crippen LogP contribution in [0.15, 0.2) is 40.1 Å². The Morgan fingerprint density at radius 2 is 1.71 bits per heavy atom. The summed E-state index contributed by atoms with van der Waals surface area (Å²) in [4.78, 5) is 5.00. The molecular weight excluding hydrogens is 390 g/mol. The number of hydrogen-bond donors (Lipinski definition) is 0. The Labute approximate surface area is 170 Å². The molecule has 1 aliphatic heterocycles. The van der Waals surface area contributed by atoms with Gasteiger partial charge in [-0.1, -0.05) is 18.6 Å². The molecule has 1 aliphatic carbocycles. The maximum atomic E-state index is 12.7. The third-order valence-electron chi connectivity index (χ3n) is 5.49. The molecule has 4 rings (SSSR count). The first-order valence-corrected chi connectivity index (χ1v) is 12.1. The number of hydrogen-bond acceptors (Lipinski definition) is 5. The van der Waals surface area contributed by atoms with E-state index in [-0.39, 0.29) is 0 Å². The number of benzene rings is 1. The van der Waals surface area contributed by atoms with Gasteiger partial charge < -0.3 is 0 Å². The van der Waals surface area contributed by atoms with Gasteiger partial charge in [-0.3, -0.25) is 0 Å². The Kier molecular flexibility index (Phi) is 5.63. The highest BCUT2D eigenvalue weighted by Crippen LogP contribution is 2.33. The van der Waals surface area contributed by atoms with Crippen LogP contribution in [0.3, 0.4) is 0 Å². The van der Waals surface area contributed by atoms with E-state index in [2.05, 4.69) is 11.1 Å². The van der Waals surface area contributed by atoms with Gasteiger partial charge in [0.15, 0.2) is 0 Å². The molecular formula is C21H23N3O2S2. The molecule has 1 aromatic carbocycles. The zero-order valence-electron chi connectivity index (χ0n) is 15.7. The summed E-state index contributed by atoms with van der Waals surface area (Å²) in [7, 11) is -3.40. The molecule has 0 radical (unpaired) electrons. The third kappa shape index (κ3) is 3.77. The predicted molar refractivity (Wildman–Crippen MR) is 111 cm³/mol. The van der Waals surface area contributed by atoms with Crippen LogP contribution in [0.5, 0.6) is 0 Å². The molecule has 0 N–H and O–H groups in total.